The van der Waals surface area contributed by atoms with E-state index in [1.807, 2.05) is 24.4 Å². The zero-order valence-corrected chi connectivity index (χ0v) is 19.7. The van der Waals surface area contributed by atoms with Crippen LogP contribution in [0.25, 0.3) is 10.9 Å². The van der Waals surface area contributed by atoms with E-state index in [2.05, 4.69) is 58.7 Å². The first-order valence-corrected chi connectivity index (χ1v) is 11.9. The first-order chi connectivity index (χ1) is 16.1. The van der Waals surface area contributed by atoms with Gasteiger partial charge in [0.05, 0.1) is 11.6 Å². The quantitative estimate of drug-likeness (QED) is 0.365. The van der Waals surface area contributed by atoms with Crippen LogP contribution in [0.15, 0.2) is 36.5 Å². The molecule has 8 nitrogen and oxygen atoms in total. The van der Waals surface area contributed by atoms with Crippen molar-refractivity contribution in [3.63, 3.8) is 0 Å². The van der Waals surface area contributed by atoms with Crippen molar-refractivity contribution in [1.29, 1.82) is 5.41 Å². The molecule has 2 aromatic heterocycles. The van der Waals surface area contributed by atoms with E-state index in [4.69, 9.17) is 15.4 Å². The molecule has 4 N–H and O–H groups in total. The minimum absolute atomic E-state index is 0.0314. The summed E-state index contributed by atoms with van der Waals surface area (Å²) in [5.74, 6) is 1.40. The molecular formula is C25H34N8. The molecule has 2 atom stereocenters. The molecule has 0 radical (unpaired) electrons. The molecule has 1 aliphatic rings. The molecule has 0 bridgehead atoms. The molecule has 3 heterocycles. The van der Waals surface area contributed by atoms with Gasteiger partial charge in [0.1, 0.15) is 11.4 Å². The van der Waals surface area contributed by atoms with Gasteiger partial charge in [0.15, 0.2) is 5.82 Å². The number of rotatable bonds is 9. The van der Waals surface area contributed by atoms with E-state index in [0.717, 1.165) is 67.0 Å². The van der Waals surface area contributed by atoms with E-state index < -0.39 is 0 Å². The minimum Gasteiger partial charge on any atom is -0.378 e. The van der Waals surface area contributed by atoms with Gasteiger partial charge in [-0.2, -0.15) is 4.98 Å². The Morgan fingerprint density at radius 3 is 2.64 bits per heavy atom. The van der Waals surface area contributed by atoms with Gasteiger partial charge in [-0.05, 0) is 37.5 Å². The summed E-state index contributed by atoms with van der Waals surface area (Å²) in [6.07, 6.45) is 5.10. The predicted octanol–water partition coefficient (Wildman–Crippen LogP) is 4.21. The average molecular weight is 447 g/mol. The fourth-order valence-electron chi connectivity index (χ4n) is 4.04. The lowest BCUT2D eigenvalue weighted by atomic mass is 10.0. The Labute approximate surface area is 195 Å². The van der Waals surface area contributed by atoms with E-state index in [1.54, 1.807) is 0 Å². The summed E-state index contributed by atoms with van der Waals surface area (Å²) in [6, 6.07) is 10.6. The smallest absolute Gasteiger partial charge is 0.228 e. The number of hydrogen-bond donors (Lipinski definition) is 4. The summed E-state index contributed by atoms with van der Waals surface area (Å²) in [4.78, 5) is 16.5. The van der Waals surface area contributed by atoms with Crippen LogP contribution in [0.3, 0.4) is 0 Å². The second-order valence-electron chi connectivity index (χ2n) is 8.53. The van der Waals surface area contributed by atoms with E-state index in [-0.39, 0.29) is 12.1 Å². The largest absolute Gasteiger partial charge is 0.378 e. The highest BCUT2D eigenvalue weighted by atomic mass is 15.3. The second-order valence-corrected chi connectivity index (χ2v) is 8.53. The molecule has 1 fully saturated rings. The molecule has 1 aromatic carbocycles. The van der Waals surface area contributed by atoms with Gasteiger partial charge in [-0.1, -0.05) is 32.0 Å². The second kappa shape index (κ2) is 10.6. The number of hydrogen-bond acceptors (Lipinski definition) is 8. The van der Waals surface area contributed by atoms with Crippen molar-refractivity contribution >= 4 is 34.6 Å². The Balaban J connectivity index is 1.73. The number of pyridine rings is 1. The molecule has 1 saturated heterocycles. The number of anilines is 3. The van der Waals surface area contributed by atoms with Gasteiger partial charge in [-0.3, -0.25) is 4.98 Å². The monoisotopic (exact) mass is 446 g/mol. The summed E-state index contributed by atoms with van der Waals surface area (Å²) < 4.78 is 0. The van der Waals surface area contributed by atoms with Crippen LogP contribution in [0, 0.1) is 5.41 Å². The Kier molecular flexibility index (Phi) is 7.34. The highest BCUT2D eigenvalue weighted by Crippen LogP contribution is 2.31. The number of nitrogens with one attached hydrogen (secondary N) is 4. The van der Waals surface area contributed by atoms with Gasteiger partial charge >= 0.3 is 0 Å². The Bertz CT molecular complexity index is 1090. The van der Waals surface area contributed by atoms with Crippen LogP contribution in [0.1, 0.15) is 50.9 Å². The van der Waals surface area contributed by atoms with Crippen LogP contribution in [-0.4, -0.2) is 53.4 Å². The normalized spacial score (nSPS) is 15.8. The summed E-state index contributed by atoms with van der Waals surface area (Å²) in [5.41, 5.74) is 3.49. The third kappa shape index (κ3) is 5.22. The summed E-state index contributed by atoms with van der Waals surface area (Å²) in [6.45, 7) is 9.93. The number of benzene rings is 1. The van der Waals surface area contributed by atoms with Crippen molar-refractivity contribution in [2.75, 3.05) is 41.7 Å². The van der Waals surface area contributed by atoms with Crippen LogP contribution in [0.2, 0.25) is 0 Å². The van der Waals surface area contributed by atoms with Crippen molar-refractivity contribution in [2.24, 2.45) is 0 Å². The number of fused-ring (bicyclic) bond motifs is 1. The van der Waals surface area contributed by atoms with E-state index in [1.165, 1.54) is 6.21 Å². The average Bonchev–Trinajstić information content (AvgIpc) is 2.87. The molecule has 0 aliphatic carbocycles. The number of para-hydroxylation sites is 1. The summed E-state index contributed by atoms with van der Waals surface area (Å²) in [7, 11) is 0. The molecule has 0 spiro atoms. The van der Waals surface area contributed by atoms with E-state index in [0.29, 0.717) is 11.6 Å². The topological polar surface area (TPSA) is 102 Å². The molecular weight excluding hydrogens is 412 g/mol. The summed E-state index contributed by atoms with van der Waals surface area (Å²) in [5, 5.41) is 19.7. The maximum Gasteiger partial charge on any atom is 0.228 e. The number of nitrogens with zero attached hydrogens (tertiary/aromatic N) is 4. The first-order valence-electron chi connectivity index (χ1n) is 11.9. The molecule has 4 rings (SSSR count). The van der Waals surface area contributed by atoms with Gasteiger partial charge in [-0.15, -0.1) is 0 Å². The van der Waals surface area contributed by atoms with Gasteiger partial charge in [0.25, 0.3) is 0 Å². The van der Waals surface area contributed by atoms with Crippen molar-refractivity contribution < 1.29 is 0 Å². The molecule has 1 aliphatic heterocycles. The predicted molar refractivity (Wildman–Crippen MR) is 137 cm³/mol. The van der Waals surface area contributed by atoms with Crippen LogP contribution in [-0.2, 0) is 0 Å². The fraction of sp³-hybridized carbons (Fsp3) is 0.440. The molecule has 174 valence electrons. The third-order valence-corrected chi connectivity index (χ3v) is 6.20. The van der Waals surface area contributed by atoms with Gasteiger partial charge in [0, 0.05) is 50.0 Å². The molecule has 0 amide bonds. The maximum atomic E-state index is 8.05. The SMILES string of the molecule is CCC(C)Nc1c(C=N)nc(N2CCNCC2)nc1N[C@H](CC)c1cnc2ccccc2c1. The Morgan fingerprint density at radius 1 is 1.12 bits per heavy atom. The third-order valence-electron chi connectivity index (χ3n) is 6.20. The van der Waals surface area contributed by atoms with Crippen LogP contribution in [0.5, 0.6) is 0 Å². The molecule has 1 unspecified atom stereocenters. The summed E-state index contributed by atoms with van der Waals surface area (Å²) >= 11 is 0. The Morgan fingerprint density at radius 2 is 1.91 bits per heavy atom. The van der Waals surface area contributed by atoms with Gasteiger partial charge in [-0.25, -0.2) is 4.98 Å². The fourth-order valence-corrected chi connectivity index (χ4v) is 4.04. The lowest BCUT2D eigenvalue weighted by Gasteiger charge is -2.29. The lowest BCUT2D eigenvalue weighted by molar-refractivity contribution is 0.579. The standard InChI is InChI=1S/C25H34N8/c1-4-17(3)29-23-22(15-26)31-25(33-12-10-27-11-13-33)32-24(23)30-20(5-2)19-14-18-8-6-7-9-21(18)28-16-19/h6-9,14-17,20,26-27,29H,4-5,10-13H2,1-3H3,(H,30,31,32)/t17?,20-/m1/s1. The van der Waals surface area contributed by atoms with Crippen LogP contribution >= 0.6 is 0 Å². The van der Waals surface area contributed by atoms with Gasteiger partial charge < -0.3 is 26.3 Å². The van der Waals surface area contributed by atoms with Crippen LogP contribution in [0.4, 0.5) is 17.5 Å². The zero-order valence-electron chi connectivity index (χ0n) is 19.7. The van der Waals surface area contributed by atoms with Crippen LogP contribution < -0.4 is 20.9 Å². The highest BCUT2D eigenvalue weighted by Gasteiger charge is 2.22. The highest BCUT2D eigenvalue weighted by molar-refractivity contribution is 5.89. The van der Waals surface area contributed by atoms with E-state index in [9.17, 15) is 0 Å². The minimum atomic E-state index is 0.0314. The number of piperazine rings is 1. The zero-order chi connectivity index (χ0) is 23.2. The molecule has 0 saturated carbocycles. The van der Waals surface area contributed by atoms with Crippen molar-refractivity contribution in [3.8, 4) is 0 Å². The van der Waals surface area contributed by atoms with Gasteiger partial charge in [0.2, 0.25) is 5.95 Å². The van der Waals surface area contributed by atoms with Crippen molar-refractivity contribution in [2.45, 2.75) is 45.7 Å². The first kappa shape index (κ1) is 22.9. The van der Waals surface area contributed by atoms with E-state index >= 15 is 0 Å². The number of aromatic nitrogens is 3. The lowest BCUT2D eigenvalue weighted by Crippen LogP contribution is -2.44. The molecule has 3 aromatic rings. The Hall–Kier alpha value is -3.26. The van der Waals surface area contributed by atoms with Crippen molar-refractivity contribution in [1.82, 2.24) is 20.3 Å². The van der Waals surface area contributed by atoms with Crippen molar-refractivity contribution in [3.05, 3.63) is 47.8 Å². The molecule has 8 heteroatoms. The maximum absolute atomic E-state index is 8.05. The molecule has 33 heavy (non-hydrogen) atoms.